The van der Waals surface area contributed by atoms with Gasteiger partial charge in [-0.2, -0.15) is 0 Å². The Hall–Kier alpha value is -3.84. The maximum atomic E-state index is 12.5. The first-order valence-corrected chi connectivity index (χ1v) is 15.6. The molecule has 0 aliphatic rings. The van der Waals surface area contributed by atoms with Crippen molar-refractivity contribution in [3.63, 3.8) is 0 Å². The fraction of sp³-hybridized carbons (Fsp3) is 0.529. The minimum atomic E-state index is -1.02. The monoisotopic (exact) mass is 644 g/mol. The molecule has 0 saturated heterocycles. The lowest BCUT2D eigenvalue weighted by Gasteiger charge is -2.17. The number of amides is 2. The fourth-order valence-corrected chi connectivity index (χ4v) is 5.19. The Bertz CT molecular complexity index is 1270. The molecule has 46 heavy (non-hydrogen) atoms. The van der Waals surface area contributed by atoms with Crippen molar-refractivity contribution in [1.29, 1.82) is 0 Å². The van der Waals surface area contributed by atoms with Gasteiger partial charge in [-0.1, -0.05) is 26.0 Å². The van der Waals surface area contributed by atoms with E-state index in [1.807, 2.05) is 13.8 Å². The number of carbonyl (C=O) groups excluding carboxylic acids is 2. The van der Waals surface area contributed by atoms with Gasteiger partial charge >= 0.3 is 11.9 Å². The lowest BCUT2D eigenvalue weighted by Crippen LogP contribution is -2.19. The first kappa shape index (κ1) is 38.3. The van der Waals surface area contributed by atoms with E-state index >= 15 is 0 Å². The second kappa shape index (κ2) is 19.6. The zero-order chi connectivity index (χ0) is 34.2. The van der Waals surface area contributed by atoms with Crippen molar-refractivity contribution in [2.45, 2.75) is 67.2 Å². The number of aryl methyl sites for hydroxylation is 4. The van der Waals surface area contributed by atoms with Crippen LogP contribution in [0, 0.1) is 27.7 Å². The number of rotatable bonds is 21. The Labute approximate surface area is 270 Å². The zero-order valence-corrected chi connectivity index (χ0v) is 27.8. The summed E-state index contributed by atoms with van der Waals surface area (Å²) in [6.45, 7) is 13.2. The van der Waals surface area contributed by atoms with Crippen molar-refractivity contribution in [2.24, 2.45) is 0 Å². The number of benzene rings is 2. The van der Waals surface area contributed by atoms with Gasteiger partial charge in [-0.25, -0.2) is 9.59 Å². The van der Waals surface area contributed by atoms with E-state index in [4.69, 9.17) is 18.9 Å². The van der Waals surface area contributed by atoms with Crippen LogP contribution in [-0.2, 0) is 41.4 Å². The third kappa shape index (κ3) is 11.5. The topological polar surface area (TPSA) is 170 Å². The molecule has 0 fully saturated rings. The molecule has 2 rings (SSSR count). The van der Waals surface area contributed by atoms with E-state index in [1.54, 1.807) is 39.8 Å². The van der Waals surface area contributed by atoms with Crippen LogP contribution < -0.4 is 10.6 Å². The quantitative estimate of drug-likeness (QED) is 0.138. The smallest absolute Gasteiger partial charge is 0.336 e. The molecule has 0 unspecified atom stereocenters. The standard InChI is InChI=1S/C34H48N2O10/c1-7-25-19-21(3)29(33(39)40)23(5)31(25)35-27(37)9-11-43-13-15-45-17-18-46-16-14-44-12-10-28(38)36-32-24(6)30(34(41)42)22(4)20-26(32)8-2/h19-20H,7-18H2,1-6H3,(H,35,37)(H,36,38)(H,39,40)(H,41,42). The maximum absolute atomic E-state index is 12.5. The predicted octanol–water partition coefficient (Wildman–Crippen LogP) is 4.87. The van der Waals surface area contributed by atoms with Crippen LogP contribution in [0.2, 0.25) is 0 Å². The predicted molar refractivity (Wildman–Crippen MR) is 174 cm³/mol. The summed E-state index contributed by atoms with van der Waals surface area (Å²) in [5.74, 6) is -2.55. The van der Waals surface area contributed by atoms with Crippen LogP contribution in [-0.4, -0.2) is 86.8 Å². The first-order valence-electron chi connectivity index (χ1n) is 15.6. The van der Waals surface area contributed by atoms with Crippen LogP contribution in [0.1, 0.15) is 80.8 Å². The van der Waals surface area contributed by atoms with E-state index < -0.39 is 11.9 Å². The lowest BCUT2D eigenvalue weighted by atomic mass is 9.95. The molecule has 2 aromatic carbocycles. The van der Waals surface area contributed by atoms with Gasteiger partial charge < -0.3 is 39.8 Å². The highest BCUT2D eigenvalue weighted by molar-refractivity contribution is 5.99. The third-order valence-electron chi connectivity index (χ3n) is 7.49. The SMILES string of the molecule is CCc1cc(C)c(C(=O)O)c(C)c1NC(=O)CCOCCOCCOCCOCCC(=O)Nc1c(CC)cc(C)c(C(=O)O)c1C. The maximum Gasteiger partial charge on any atom is 0.336 e. The van der Waals surface area contributed by atoms with E-state index in [9.17, 15) is 29.4 Å². The summed E-state index contributed by atoms with van der Waals surface area (Å²) in [4.78, 5) is 48.2. The summed E-state index contributed by atoms with van der Waals surface area (Å²) in [5.41, 5.74) is 5.70. The van der Waals surface area contributed by atoms with Crippen molar-refractivity contribution in [3.05, 3.63) is 56.6 Å². The largest absolute Gasteiger partial charge is 0.478 e. The van der Waals surface area contributed by atoms with E-state index in [0.29, 0.717) is 86.1 Å². The number of ether oxygens (including phenoxy) is 4. The number of carboxylic acids is 2. The van der Waals surface area contributed by atoms with Crippen molar-refractivity contribution >= 4 is 35.1 Å². The number of hydrogen-bond donors (Lipinski definition) is 4. The zero-order valence-electron chi connectivity index (χ0n) is 27.8. The highest BCUT2D eigenvalue weighted by Gasteiger charge is 2.20. The van der Waals surface area contributed by atoms with E-state index in [1.165, 1.54) is 0 Å². The van der Waals surface area contributed by atoms with Crippen molar-refractivity contribution in [3.8, 4) is 0 Å². The summed E-state index contributed by atoms with van der Waals surface area (Å²) in [7, 11) is 0. The number of carbonyl (C=O) groups is 4. The third-order valence-corrected chi connectivity index (χ3v) is 7.49. The molecule has 0 bridgehead atoms. The molecule has 0 radical (unpaired) electrons. The second-order valence-electron chi connectivity index (χ2n) is 10.8. The molecule has 0 aliphatic carbocycles. The van der Waals surface area contributed by atoms with Gasteiger partial charge in [-0.15, -0.1) is 0 Å². The molecule has 2 amide bonds. The Balaban J connectivity index is 1.54. The molecule has 12 heteroatoms. The van der Waals surface area contributed by atoms with Gasteiger partial charge in [-0.3, -0.25) is 9.59 Å². The van der Waals surface area contributed by atoms with Crippen LogP contribution in [0.15, 0.2) is 12.1 Å². The van der Waals surface area contributed by atoms with Crippen molar-refractivity contribution in [1.82, 2.24) is 0 Å². The summed E-state index contributed by atoms with van der Waals surface area (Å²) < 4.78 is 21.9. The van der Waals surface area contributed by atoms with E-state index in [-0.39, 0.29) is 49.0 Å². The summed E-state index contributed by atoms with van der Waals surface area (Å²) in [5, 5.41) is 24.7. The number of nitrogens with one attached hydrogen (secondary N) is 2. The summed E-state index contributed by atoms with van der Waals surface area (Å²) >= 11 is 0. The highest BCUT2D eigenvalue weighted by Crippen LogP contribution is 2.29. The average Bonchev–Trinajstić information content (AvgIpc) is 2.99. The van der Waals surface area contributed by atoms with Gasteiger partial charge in [-0.05, 0) is 73.9 Å². The Morgan fingerprint density at radius 2 is 0.870 bits per heavy atom. The first-order chi connectivity index (χ1) is 21.9. The Morgan fingerprint density at radius 3 is 1.15 bits per heavy atom. The molecule has 0 aromatic heterocycles. The van der Waals surface area contributed by atoms with Gasteiger partial charge in [0.1, 0.15) is 0 Å². The second-order valence-corrected chi connectivity index (χ2v) is 10.8. The minimum absolute atomic E-state index is 0.126. The van der Waals surface area contributed by atoms with Gasteiger partial charge in [0.2, 0.25) is 11.8 Å². The molecule has 12 nitrogen and oxygen atoms in total. The summed E-state index contributed by atoms with van der Waals surface area (Å²) in [6.07, 6.45) is 1.57. The molecule has 0 spiro atoms. The molecular formula is C34H48N2O10. The molecule has 0 heterocycles. The van der Waals surface area contributed by atoms with Gasteiger partial charge in [0.25, 0.3) is 0 Å². The number of aromatic carboxylic acids is 2. The average molecular weight is 645 g/mol. The molecular weight excluding hydrogens is 596 g/mol. The van der Waals surface area contributed by atoms with Gasteiger partial charge in [0, 0.05) is 11.4 Å². The van der Waals surface area contributed by atoms with Gasteiger partial charge in [0.05, 0.1) is 76.8 Å². The fourth-order valence-electron chi connectivity index (χ4n) is 5.19. The Kier molecular flexibility index (Phi) is 16.4. The van der Waals surface area contributed by atoms with Crippen LogP contribution in [0.25, 0.3) is 0 Å². The summed E-state index contributed by atoms with van der Waals surface area (Å²) in [6, 6.07) is 3.60. The normalized spacial score (nSPS) is 11.0. The number of anilines is 2. The number of carboxylic acid groups (broad SMARTS) is 2. The molecule has 0 aliphatic heterocycles. The van der Waals surface area contributed by atoms with Crippen LogP contribution >= 0.6 is 0 Å². The molecule has 4 N–H and O–H groups in total. The van der Waals surface area contributed by atoms with Gasteiger partial charge in [0.15, 0.2) is 0 Å². The number of hydrogen-bond acceptors (Lipinski definition) is 8. The molecule has 0 atom stereocenters. The van der Waals surface area contributed by atoms with E-state index in [2.05, 4.69) is 10.6 Å². The van der Waals surface area contributed by atoms with Crippen LogP contribution in [0.5, 0.6) is 0 Å². The van der Waals surface area contributed by atoms with Crippen LogP contribution in [0.4, 0.5) is 11.4 Å². The minimum Gasteiger partial charge on any atom is -0.478 e. The van der Waals surface area contributed by atoms with Crippen LogP contribution in [0.3, 0.4) is 0 Å². The molecule has 254 valence electrons. The van der Waals surface area contributed by atoms with Crippen molar-refractivity contribution in [2.75, 3.05) is 63.5 Å². The van der Waals surface area contributed by atoms with E-state index in [0.717, 1.165) is 11.1 Å². The molecule has 2 aromatic rings. The molecule has 0 saturated carbocycles. The van der Waals surface area contributed by atoms with Crippen molar-refractivity contribution < 1.29 is 48.3 Å². The Morgan fingerprint density at radius 1 is 0.565 bits per heavy atom. The lowest BCUT2D eigenvalue weighted by molar-refractivity contribution is -0.118. The highest BCUT2D eigenvalue weighted by atomic mass is 16.6.